The molecule has 0 saturated heterocycles. The van der Waals surface area contributed by atoms with Crippen LogP contribution < -0.4 is 10.6 Å². The Balaban J connectivity index is 1.39. The van der Waals surface area contributed by atoms with Crippen molar-refractivity contribution in [1.29, 1.82) is 0 Å². The van der Waals surface area contributed by atoms with E-state index in [0.29, 0.717) is 37.3 Å². The highest BCUT2D eigenvalue weighted by molar-refractivity contribution is 5.84. The van der Waals surface area contributed by atoms with Gasteiger partial charge in [0.1, 0.15) is 0 Å². The Labute approximate surface area is 185 Å². The number of fused-ring (bicyclic) bond motifs is 1. The van der Waals surface area contributed by atoms with Crippen LogP contribution in [0.1, 0.15) is 43.7 Å². The van der Waals surface area contributed by atoms with Crippen molar-refractivity contribution in [1.82, 2.24) is 34.3 Å². The molecular weight excluding hydrogens is 406 g/mol. The van der Waals surface area contributed by atoms with Crippen LogP contribution >= 0.6 is 0 Å². The minimum Gasteiger partial charge on any atom is -0.396 e. The van der Waals surface area contributed by atoms with Gasteiger partial charge in [0.15, 0.2) is 22.8 Å². The molecule has 5 rings (SSSR count). The molecule has 0 radical (unpaired) electrons. The molecule has 1 aliphatic carbocycles. The van der Waals surface area contributed by atoms with Crippen molar-refractivity contribution >= 4 is 22.9 Å². The molecule has 1 fully saturated rings. The zero-order valence-electron chi connectivity index (χ0n) is 17.9. The van der Waals surface area contributed by atoms with Gasteiger partial charge in [0, 0.05) is 44.3 Å². The normalized spacial score (nSPS) is 14.3. The van der Waals surface area contributed by atoms with E-state index in [9.17, 15) is 0 Å². The second-order valence-corrected chi connectivity index (χ2v) is 7.99. The van der Waals surface area contributed by atoms with E-state index >= 15 is 0 Å². The van der Waals surface area contributed by atoms with Crippen LogP contribution in [0.15, 0.2) is 43.1 Å². The highest BCUT2D eigenvalue weighted by Crippen LogP contribution is 2.33. The van der Waals surface area contributed by atoms with Gasteiger partial charge in [-0.15, -0.1) is 0 Å². The van der Waals surface area contributed by atoms with Crippen LogP contribution in [-0.4, -0.2) is 52.5 Å². The summed E-state index contributed by atoms with van der Waals surface area (Å²) in [5.41, 5.74) is 2.64. The number of nitrogens with zero attached hydrogens (tertiary/aromatic N) is 7. The van der Waals surface area contributed by atoms with Crippen LogP contribution in [0.5, 0.6) is 0 Å². The topological polar surface area (TPSA) is 119 Å². The second-order valence-electron chi connectivity index (χ2n) is 7.99. The molecule has 1 aliphatic rings. The summed E-state index contributed by atoms with van der Waals surface area (Å²) in [6, 6.07) is 6.27. The maximum atomic E-state index is 9.10. The lowest BCUT2D eigenvalue weighted by atomic mass is 10.2. The average molecular weight is 434 g/mol. The molecule has 4 heterocycles. The van der Waals surface area contributed by atoms with Crippen molar-refractivity contribution in [3.05, 3.63) is 48.7 Å². The molecular formula is C22H27N9O. The molecule has 0 aliphatic heterocycles. The molecule has 10 nitrogen and oxygen atoms in total. The lowest BCUT2D eigenvalue weighted by Crippen LogP contribution is -2.11. The zero-order valence-corrected chi connectivity index (χ0v) is 17.9. The number of hydrogen-bond acceptors (Lipinski definition) is 8. The van der Waals surface area contributed by atoms with Gasteiger partial charge in [0.05, 0.1) is 6.33 Å². The van der Waals surface area contributed by atoms with Crippen molar-refractivity contribution in [3.8, 4) is 5.82 Å². The zero-order chi connectivity index (χ0) is 21.8. The fourth-order valence-electron chi connectivity index (χ4n) is 4.09. The van der Waals surface area contributed by atoms with Crippen LogP contribution in [0.2, 0.25) is 0 Å². The van der Waals surface area contributed by atoms with E-state index in [-0.39, 0.29) is 6.61 Å². The Morgan fingerprint density at radius 1 is 1.09 bits per heavy atom. The van der Waals surface area contributed by atoms with Gasteiger partial charge in [-0.05, 0) is 37.0 Å². The number of aliphatic hydroxyl groups is 1. The third-order valence-electron chi connectivity index (χ3n) is 5.77. The van der Waals surface area contributed by atoms with Gasteiger partial charge in [0.25, 0.3) is 0 Å². The van der Waals surface area contributed by atoms with Crippen LogP contribution in [0, 0.1) is 0 Å². The fraction of sp³-hybridized carbons (Fsp3) is 0.409. The van der Waals surface area contributed by atoms with Gasteiger partial charge in [-0.3, -0.25) is 0 Å². The first kappa shape index (κ1) is 20.4. The molecule has 4 aromatic rings. The van der Waals surface area contributed by atoms with Crippen LogP contribution in [-0.2, 0) is 6.54 Å². The Bertz CT molecular complexity index is 1150. The maximum Gasteiger partial charge on any atom is 0.226 e. The van der Waals surface area contributed by atoms with Gasteiger partial charge < -0.3 is 20.3 Å². The third-order valence-corrected chi connectivity index (χ3v) is 5.77. The van der Waals surface area contributed by atoms with E-state index in [1.807, 2.05) is 36.9 Å². The Hall–Kier alpha value is -3.53. The monoisotopic (exact) mass is 433 g/mol. The maximum absolute atomic E-state index is 9.10. The van der Waals surface area contributed by atoms with E-state index in [4.69, 9.17) is 10.1 Å². The van der Waals surface area contributed by atoms with Crippen LogP contribution in [0.4, 0.5) is 11.8 Å². The molecule has 0 unspecified atom stereocenters. The smallest absolute Gasteiger partial charge is 0.226 e. The number of pyridine rings is 1. The first-order valence-corrected chi connectivity index (χ1v) is 11.1. The van der Waals surface area contributed by atoms with Gasteiger partial charge >= 0.3 is 0 Å². The highest BCUT2D eigenvalue weighted by atomic mass is 16.3. The van der Waals surface area contributed by atoms with E-state index < -0.39 is 0 Å². The number of aromatic nitrogens is 7. The molecule has 166 valence electrons. The first-order valence-electron chi connectivity index (χ1n) is 11.1. The average Bonchev–Trinajstić information content (AvgIpc) is 3.59. The van der Waals surface area contributed by atoms with E-state index in [1.54, 1.807) is 10.9 Å². The van der Waals surface area contributed by atoms with Crippen LogP contribution in [0.3, 0.4) is 0 Å². The minimum atomic E-state index is 0.127. The Morgan fingerprint density at radius 2 is 2.00 bits per heavy atom. The number of hydrogen-bond donors (Lipinski definition) is 3. The number of anilines is 2. The molecule has 0 atom stereocenters. The van der Waals surface area contributed by atoms with Gasteiger partial charge in [0.2, 0.25) is 5.95 Å². The van der Waals surface area contributed by atoms with Gasteiger partial charge in [-0.2, -0.15) is 15.1 Å². The van der Waals surface area contributed by atoms with Crippen molar-refractivity contribution in [2.24, 2.45) is 0 Å². The molecule has 0 amide bonds. The molecule has 32 heavy (non-hydrogen) atoms. The molecule has 4 aromatic heterocycles. The van der Waals surface area contributed by atoms with Crippen molar-refractivity contribution < 1.29 is 5.11 Å². The largest absolute Gasteiger partial charge is 0.396 e. The van der Waals surface area contributed by atoms with Gasteiger partial charge in [-0.25, -0.2) is 14.6 Å². The van der Waals surface area contributed by atoms with Crippen molar-refractivity contribution in [2.75, 3.05) is 23.8 Å². The molecule has 0 spiro atoms. The number of nitrogens with one attached hydrogen (secondary N) is 2. The molecule has 0 bridgehead atoms. The summed E-state index contributed by atoms with van der Waals surface area (Å²) in [6.07, 6.45) is 12.7. The Morgan fingerprint density at radius 3 is 2.75 bits per heavy atom. The van der Waals surface area contributed by atoms with Crippen LogP contribution in [0.25, 0.3) is 17.0 Å². The summed E-state index contributed by atoms with van der Waals surface area (Å²) in [4.78, 5) is 18.5. The predicted molar refractivity (Wildman–Crippen MR) is 122 cm³/mol. The lowest BCUT2D eigenvalue weighted by molar-refractivity contribution is 0.292. The summed E-state index contributed by atoms with van der Waals surface area (Å²) in [5.74, 6) is 2.00. The van der Waals surface area contributed by atoms with E-state index in [1.165, 1.54) is 12.8 Å². The standard InChI is InChI=1S/C22H27N9O/c32-12-4-9-23-22-28-20(19-21(29-22)30(15-26-19)17-5-1-2-6-17)25-14-16-7-8-18(24-13-16)31-11-3-10-27-31/h3,7-8,10-11,13,15,17,32H,1-2,4-6,9,12,14H2,(H2,23,25,28,29). The SMILES string of the molecule is OCCCNc1nc(NCc2ccc(-n3cccn3)nc2)c2ncn(C3CCCC3)c2n1. The quantitative estimate of drug-likeness (QED) is 0.345. The van der Waals surface area contributed by atoms with E-state index in [2.05, 4.69) is 35.3 Å². The Kier molecular flexibility index (Phi) is 5.93. The molecule has 3 N–H and O–H groups in total. The van der Waals surface area contributed by atoms with Gasteiger partial charge in [-0.1, -0.05) is 18.9 Å². The second kappa shape index (κ2) is 9.31. The van der Waals surface area contributed by atoms with Crippen molar-refractivity contribution in [3.63, 3.8) is 0 Å². The number of rotatable bonds is 9. The summed E-state index contributed by atoms with van der Waals surface area (Å²) < 4.78 is 3.91. The summed E-state index contributed by atoms with van der Waals surface area (Å²) in [7, 11) is 0. The summed E-state index contributed by atoms with van der Waals surface area (Å²) in [5, 5.41) is 19.9. The molecule has 0 aromatic carbocycles. The van der Waals surface area contributed by atoms with E-state index in [0.717, 1.165) is 35.4 Å². The third kappa shape index (κ3) is 4.26. The predicted octanol–water partition coefficient (Wildman–Crippen LogP) is 2.93. The molecule has 10 heteroatoms. The highest BCUT2D eigenvalue weighted by Gasteiger charge is 2.21. The summed E-state index contributed by atoms with van der Waals surface area (Å²) >= 11 is 0. The lowest BCUT2D eigenvalue weighted by Gasteiger charge is -2.14. The van der Waals surface area contributed by atoms with Crippen molar-refractivity contribution in [2.45, 2.75) is 44.7 Å². The number of aliphatic hydroxyl groups excluding tert-OH is 1. The number of imidazole rings is 1. The fourth-order valence-corrected chi connectivity index (χ4v) is 4.09. The summed E-state index contributed by atoms with van der Waals surface area (Å²) in [6.45, 7) is 1.30. The first-order chi connectivity index (χ1) is 15.8. The molecule has 1 saturated carbocycles. The minimum absolute atomic E-state index is 0.127.